The second-order valence-electron chi connectivity index (χ2n) is 3.27. The zero-order valence-corrected chi connectivity index (χ0v) is 8.81. The summed E-state index contributed by atoms with van der Waals surface area (Å²) in [6.07, 6.45) is 0. The van der Waals surface area contributed by atoms with E-state index >= 15 is 0 Å². The van der Waals surface area contributed by atoms with Crippen molar-refractivity contribution in [3.8, 4) is 17.1 Å². The van der Waals surface area contributed by atoms with Gasteiger partial charge in [-0.25, -0.2) is 9.97 Å². The lowest BCUT2D eigenvalue weighted by atomic mass is 10.2. The summed E-state index contributed by atoms with van der Waals surface area (Å²) in [5.41, 5.74) is 6.21. The van der Waals surface area contributed by atoms with Gasteiger partial charge in [-0.3, -0.25) is 0 Å². The average Bonchev–Trinajstić information content (AvgIpc) is 2.28. The Bertz CT molecular complexity index is 513. The van der Waals surface area contributed by atoms with Gasteiger partial charge >= 0.3 is 0 Å². The van der Waals surface area contributed by atoms with E-state index in [0.717, 1.165) is 0 Å². The molecule has 2 rings (SSSR count). The van der Waals surface area contributed by atoms with Gasteiger partial charge in [0.2, 0.25) is 0 Å². The zero-order chi connectivity index (χ0) is 11.5. The second kappa shape index (κ2) is 4.06. The number of aromatic nitrogens is 2. The van der Waals surface area contributed by atoms with E-state index in [2.05, 4.69) is 15.3 Å². The fraction of sp³-hybridized carbons (Fsp3) is 0.0909. The summed E-state index contributed by atoms with van der Waals surface area (Å²) in [7, 11) is 1.75. The standard InChI is InChI=1S/C11H12N4O/c1-13-10-6-9(12)14-11(15-10)7-4-2-3-5-8(7)16/h2-6,16H,1H3,(H3,12,13,14,15). The van der Waals surface area contributed by atoms with Crippen LogP contribution in [0.5, 0.6) is 5.75 Å². The molecular formula is C11H12N4O. The molecule has 0 unspecified atom stereocenters. The fourth-order valence-corrected chi connectivity index (χ4v) is 1.38. The molecule has 0 bridgehead atoms. The van der Waals surface area contributed by atoms with E-state index in [1.165, 1.54) is 0 Å². The Kier molecular flexibility index (Phi) is 2.59. The van der Waals surface area contributed by atoms with Crippen LogP contribution >= 0.6 is 0 Å². The van der Waals surface area contributed by atoms with E-state index < -0.39 is 0 Å². The van der Waals surface area contributed by atoms with Crippen molar-refractivity contribution >= 4 is 11.6 Å². The van der Waals surface area contributed by atoms with Crippen LogP contribution in [0.3, 0.4) is 0 Å². The molecule has 0 fully saturated rings. The van der Waals surface area contributed by atoms with Crippen LogP contribution < -0.4 is 11.1 Å². The first kappa shape index (κ1) is 10.2. The minimum Gasteiger partial charge on any atom is -0.507 e. The number of hydrogen-bond donors (Lipinski definition) is 3. The quantitative estimate of drug-likeness (QED) is 0.708. The Labute approximate surface area is 93.0 Å². The van der Waals surface area contributed by atoms with Crippen molar-refractivity contribution in [2.24, 2.45) is 0 Å². The molecule has 1 aromatic carbocycles. The number of rotatable bonds is 2. The summed E-state index contributed by atoms with van der Waals surface area (Å²) in [5.74, 6) is 1.51. The number of para-hydroxylation sites is 1. The van der Waals surface area contributed by atoms with Gasteiger partial charge < -0.3 is 16.2 Å². The van der Waals surface area contributed by atoms with Gasteiger partial charge in [0.05, 0.1) is 5.56 Å². The molecule has 16 heavy (non-hydrogen) atoms. The molecule has 2 aromatic rings. The second-order valence-corrected chi connectivity index (χ2v) is 3.27. The highest BCUT2D eigenvalue weighted by atomic mass is 16.3. The number of anilines is 2. The molecule has 0 aliphatic carbocycles. The molecule has 4 N–H and O–H groups in total. The van der Waals surface area contributed by atoms with Gasteiger partial charge in [0.25, 0.3) is 0 Å². The average molecular weight is 216 g/mol. The maximum atomic E-state index is 9.68. The summed E-state index contributed by atoms with van der Waals surface area (Å²) >= 11 is 0. The molecule has 0 atom stereocenters. The van der Waals surface area contributed by atoms with Gasteiger partial charge in [-0.05, 0) is 12.1 Å². The topological polar surface area (TPSA) is 84.1 Å². The molecule has 0 amide bonds. The van der Waals surface area contributed by atoms with Crippen LogP contribution in [0.15, 0.2) is 30.3 Å². The number of aromatic hydroxyl groups is 1. The highest BCUT2D eigenvalue weighted by Crippen LogP contribution is 2.27. The molecule has 0 saturated heterocycles. The molecule has 0 aliphatic rings. The van der Waals surface area contributed by atoms with E-state index in [1.807, 2.05) is 0 Å². The first-order valence-corrected chi connectivity index (χ1v) is 4.81. The van der Waals surface area contributed by atoms with Gasteiger partial charge in [0, 0.05) is 13.1 Å². The maximum Gasteiger partial charge on any atom is 0.167 e. The SMILES string of the molecule is CNc1cc(N)nc(-c2ccccc2O)n1. The van der Waals surface area contributed by atoms with Crippen molar-refractivity contribution in [1.82, 2.24) is 9.97 Å². The van der Waals surface area contributed by atoms with Crippen LogP contribution in [-0.2, 0) is 0 Å². The van der Waals surface area contributed by atoms with Gasteiger partial charge in [-0.1, -0.05) is 12.1 Å². The summed E-state index contributed by atoms with van der Waals surface area (Å²) in [5, 5.41) is 12.6. The minimum atomic E-state index is 0.134. The van der Waals surface area contributed by atoms with E-state index in [1.54, 1.807) is 37.4 Å². The number of nitrogens with one attached hydrogen (secondary N) is 1. The van der Waals surface area contributed by atoms with Crippen LogP contribution in [0.1, 0.15) is 0 Å². The molecule has 0 saturated carbocycles. The van der Waals surface area contributed by atoms with Crippen LogP contribution in [-0.4, -0.2) is 22.1 Å². The Morgan fingerprint density at radius 2 is 2.00 bits per heavy atom. The largest absolute Gasteiger partial charge is 0.507 e. The van der Waals surface area contributed by atoms with Crippen LogP contribution in [0, 0.1) is 0 Å². The van der Waals surface area contributed by atoms with Crippen molar-refractivity contribution in [2.75, 3.05) is 18.1 Å². The molecule has 1 aromatic heterocycles. The lowest BCUT2D eigenvalue weighted by Crippen LogP contribution is -2.00. The smallest absolute Gasteiger partial charge is 0.167 e. The van der Waals surface area contributed by atoms with Crippen LogP contribution in [0.4, 0.5) is 11.6 Å². The van der Waals surface area contributed by atoms with Crippen molar-refractivity contribution < 1.29 is 5.11 Å². The predicted molar refractivity (Wildman–Crippen MR) is 63.1 cm³/mol. The number of nitrogens with two attached hydrogens (primary N) is 1. The number of benzene rings is 1. The summed E-state index contributed by atoms with van der Waals surface area (Å²) < 4.78 is 0. The molecule has 5 heteroatoms. The van der Waals surface area contributed by atoms with Crippen LogP contribution in [0.2, 0.25) is 0 Å². The van der Waals surface area contributed by atoms with E-state index in [0.29, 0.717) is 23.0 Å². The Hall–Kier alpha value is -2.30. The first-order chi connectivity index (χ1) is 7.70. The number of nitrogens with zero attached hydrogens (tertiary/aromatic N) is 2. The lowest BCUT2D eigenvalue weighted by Gasteiger charge is -2.06. The Balaban J connectivity index is 2.56. The van der Waals surface area contributed by atoms with Crippen molar-refractivity contribution in [3.05, 3.63) is 30.3 Å². The third-order valence-electron chi connectivity index (χ3n) is 2.15. The number of nitrogen functional groups attached to an aromatic ring is 1. The van der Waals surface area contributed by atoms with Crippen molar-refractivity contribution in [3.63, 3.8) is 0 Å². The van der Waals surface area contributed by atoms with Gasteiger partial charge in [-0.15, -0.1) is 0 Å². The molecule has 5 nitrogen and oxygen atoms in total. The highest BCUT2D eigenvalue weighted by Gasteiger charge is 2.08. The third kappa shape index (κ3) is 1.88. The molecule has 0 aliphatic heterocycles. The Morgan fingerprint density at radius 3 is 2.69 bits per heavy atom. The third-order valence-corrected chi connectivity index (χ3v) is 2.15. The zero-order valence-electron chi connectivity index (χ0n) is 8.81. The van der Waals surface area contributed by atoms with Gasteiger partial charge in [0.15, 0.2) is 5.82 Å². The lowest BCUT2D eigenvalue weighted by molar-refractivity contribution is 0.477. The van der Waals surface area contributed by atoms with E-state index in [9.17, 15) is 5.11 Å². The van der Waals surface area contributed by atoms with Gasteiger partial charge in [0.1, 0.15) is 17.4 Å². The highest BCUT2D eigenvalue weighted by molar-refractivity contribution is 5.66. The number of phenols is 1. The van der Waals surface area contributed by atoms with E-state index in [-0.39, 0.29) is 5.75 Å². The van der Waals surface area contributed by atoms with Crippen molar-refractivity contribution in [2.45, 2.75) is 0 Å². The summed E-state index contributed by atoms with van der Waals surface area (Å²) in [6, 6.07) is 8.50. The monoisotopic (exact) mass is 216 g/mol. The Morgan fingerprint density at radius 1 is 1.25 bits per heavy atom. The fourth-order valence-electron chi connectivity index (χ4n) is 1.38. The van der Waals surface area contributed by atoms with Crippen molar-refractivity contribution in [1.29, 1.82) is 0 Å². The maximum absolute atomic E-state index is 9.68. The number of phenolic OH excluding ortho intramolecular Hbond substituents is 1. The van der Waals surface area contributed by atoms with E-state index in [4.69, 9.17) is 5.73 Å². The van der Waals surface area contributed by atoms with Crippen LogP contribution in [0.25, 0.3) is 11.4 Å². The molecule has 0 radical (unpaired) electrons. The predicted octanol–water partition coefficient (Wildman–Crippen LogP) is 1.47. The molecule has 0 spiro atoms. The molecule has 1 heterocycles. The first-order valence-electron chi connectivity index (χ1n) is 4.81. The number of hydrogen-bond acceptors (Lipinski definition) is 5. The summed E-state index contributed by atoms with van der Waals surface area (Å²) in [4.78, 5) is 8.30. The summed E-state index contributed by atoms with van der Waals surface area (Å²) in [6.45, 7) is 0. The molecule has 82 valence electrons. The normalized spacial score (nSPS) is 10.1. The van der Waals surface area contributed by atoms with Gasteiger partial charge in [-0.2, -0.15) is 0 Å². The molecular weight excluding hydrogens is 204 g/mol. The minimum absolute atomic E-state index is 0.134.